The second kappa shape index (κ2) is 8.97. The molecule has 0 aromatic heterocycles. The summed E-state index contributed by atoms with van der Waals surface area (Å²) in [6.45, 7) is -2.53. The average Bonchev–Trinajstić information content (AvgIpc) is 2.57. The Hall–Kier alpha value is -2.91. The molecule has 0 aliphatic carbocycles. The van der Waals surface area contributed by atoms with Gasteiger partial charge in [-0.3, -0.25) is 9.59 Å². The molecule has 1 unspecified atom stereocenters. The number of nitrogens with zero attached hydrogens (tertiary/aromatic N) is 1. The number of alkyl halides is 2. The van der Waals surface area contributed by atoms with Crippen LogP contribution in [-0.4, -0.2) is 48.8 Å². The van der Waals surface area contributed by atoms with E-state index in [4.69, 9.17) is 5.11 Å². The monoisotopic (exact) mass is 371 g/mol. The maximum atomic E-state index is 12.5. The third-order valence-corrected chi connectivity index (χ3v) is 3.74. The maximum absolute atomic E-state index is 12.5. The van der Waals surface area contributed by atoms with Gasteiger partial charge in [-0.15, -0.1) is 0 Å². The third kappa shape index (κ3) is 5.57. The van der Waals surface area contributed by atoms with E-state index in [1.165, 1.54) is 29.2 Å². The lowest BCUT2D eigenvalue weighted by Crippen LogP contribution is -2.54. The van der Waals surface area contributed by atoms with Gasteiger partial charge in [0, 0.05) is 18.8 Å². The first kappa shape index (κ1) is 19.4. The number of halogens is 2. The minimum Gasteiger partial charge on any atom is -0.481 e. The number of hydrogen-bond donors (Lipinski definition) is 3. The molecule has 10 heteroatoms. The molecule has 0 saturated carbocycles. The van der Waals surface area contributed by atoms with E-state index in [0.717, 1.165) is 0 Å². The van der Waals surface area contributed by atoms with Gasteiger partial charge in [-0.25, -0.2) is 4.79 Å². The Balaban J connectivity index is 1.94. The zero-order chi connectivity index (χ0) is 19.1. The van der Waals surface area contributed by atoms with Gasteiger partial charge in [-0.05, 0) is 37.1 Å². The molecular weight excluding hydrogens is 352 g/mol. The summed E-state index contributed by atoms with van der Waals surface area (Å²) in [6.07, 6.45) is 0.876. The van der Waals surface area contributed by atoms with Gasteiger partial charge < -0.3 is 25.4 Å². The fourth-order valence-corrected chi connectivity index (χ4v) is 2.57. The smallest absolute Gasteiger partial charge is 0.387 e. The number of benzene rings is 1. The highest BCUT2D eigenvalue weighted by Gasteiger charge is 2.30. The third-order valence-electron chi connectivity index (χ3n) is 3.74. The Bertz CT molecular complexity index is 654. The van der Waals surface area contributed by atoms with Gasteiger partial charge in [0.15, 0.2) is 0 Å². The number of carboxylic acids is 1. The zero-order valence-electron chi connectivity index (χ0n) is 13.8. The number of rotatable bonds is 7. The highest BCUT2D eigenvalue weighted by molar-refractivity contribution is 5.99. The highest BCUT2D eigenvalue weighted by atomic mass is 19.3. The predicted octanol–water partition coefficient (Wildman–Crippen LogP) is 1.56. The molecule has 1 atom stereocenters. The number of carbonyl (C=O) groups is 3. The van der Waals surface area contributed by atoms with Crippen molar-refractivity contribution in [3.05, 3.63) is 24.3 Å². The van der Waals surface area contributed by atoms with Gasteiger partial charge in [0.05, 0.1) is 6.42 Å². The van der Waals surface area contributed by atoms with Crippen molar-refractivity contribution < 1.29 is 33.0 Å². The van der Waals surface area contributed by atoms with Gasteiger partial charge in [-0.2, -0.15) is 8.78 Å². The van der Waals surface area contributed by atoms with Crippen LogP contribution >= 0.6 is 0 Å². The van der Waals surface area contributed by atoms with Crippen LogP contribution in [0.1, 0.15) is 19.3 Å². The van der Waals surface area contributed by atoms with Crippen LogP contribution in [0.15, 0.2) is 24.3 Å². The molecule has 0 spiro atoms. The summed E-state index contributed by atoms with van der Waals surface area (Å²) in [5, 5.41) is 13.4. The average molecular weight is 371 g/mol. The number of carboxylic acid groups (broad SMARTS) is 1. The molecule has 1 saturated heterocycles. The summed E-state index contributed by atoms with van der Waals surface area (Å²) in [5.74, 6) is -1.38. The topological polar surface area (TPSA) is 108 Å². The normalized spacial score (nSPS) is 17.1. The fourth-order valence-electron chi connectivity index (χ4n) is 2.57. The van der Waals surface area contributed by atoms with Crippen molar-refractivity contribution in [3.63, 3.8) is 0 Å². The van der Waals surface area contributed by atoms with Crippen LogP contribution in [0.2, 0.25) is 0 Å². The summed E-state index contributed by atoms with van der Waals surface area (Å²) in [6, 6.07) is 4.29. The molecule has 1 aromatic carbocycles. The zero-order valence-corrected chi connectivity index (χ0v) is 13.8. The van der Waals surface area contributed by atoms with Crippen LogP contribution in [0, 0.1) is 0 Å². The predicted molar refractivity (Wildman–Crippen MR) is 87.2 cm³/mol. The van der Waals surface area contributed by atoms with E-state index in [-0.39, 0.29) is 24.6 Å². The molecule has 1 heterocycles. The van der Waals surface area contributed by atoms with Crippen molar-refractivity contribution in [2.24, 2.45) is 0 Å². The number of nitrogens with one attached hydrogen (secondary N) is 2. The highest BCUT2D eigenvalue weighted by Crippen LogP contribution is 2.24. The molecular formula is C16H19F2N3O5. The molecule has 2 rings (SSSR count). The Morgan fingerprint density at radius 1 is 1.31 bits per heavy atom. The number of ether oxygens (including phenoxy) is 1. The first-order valence-corrected chi connectivity index (χ1v) is 7.99. The molecule has 26 heavy (non-hydrogen) atoms. The van der Waals surface area contributed by atoms with Crippen molar-refractivity contribution >= 4 is 23.6 Å². The van der Waals surface area contributed by atoms with Crippen LogP contribution < -0.4 is 20.3 Å². The van der Waals surface area contributed by atoms with Crippen molar-refractivity contribution in [2.75, 3.05) is 18.0 Å². The lowest BCUT2D eigenvalue weighted by atomic mass is 10.0. The van der Waals surface area contributed by atoms with E-state index in [1.807, 2.05) is 0 Å². The molecule has 1 fully saturated rings. The SMILES string of the molecule is O=C(O)CCNC(=O)NC1CCCN(c2ccc(OC(F)F)cc2)C1=O. The summed E-state index contributed by atoms with van der Waals surface area (Å²) >= 11 is 0. The molecule has 1 aliphatic heterocycles. The van der Waals surface area contributed by atoms with E-state index in [1.54, 1.807) is 0 Å². The number of carbonyl (C=O) groups excluding carboxylic acids is 2. The van der Waals surface area contributed by atoms with Crippen molar-refractivity contribution in [3.8, 4) is 5.75 Å². The molecule has 1 aliphatic rings. The van der Waals surface area contributed by atoms with Crippen LogP contribution in [0.4, 0.5) is 19.3 Å². The number of piperidine rings is 1. The molecule has 0 radical (unpaired) electrons. The number of urea groups is 1. The number of hydrogen-bond acceptors (Lipinski definition) is 4. The van der Waals surface area contributed by atoms with Gasteiger partial charge >= 0.3 is 18.6 Å². The van der Waals surface area contributed by atoms with Crippen LogP contribution in [0.5, 0.6) is 5.75 Å². The van der Waals surface area contributed by atoms with E-state index in [0.29, 0.717) is 25.1 Å². The molecule has 1 aromatic rings. The summed E-state index contributed by atoms with van der Waals surface area (Å²) < 4.78 is 28.6. The largest absolute Gasteiger partial charge is 0.481 e. The number of amides is 3. The van der Waals surface area contributed by atoms with Crippen LogP contribution in [-0.2, 0) is 9.59 Å². The van der Waals surface area contributed by atoms with Crippen LogP contribution in [0.3, 0.4) is 0 Å². The summed E-state index contributed by atoms with van der Waals surface area (Å²) in [4.78, 5) is 36.2. The minimum atomic E-state index is -2.93. The van der Waals surface area contributed by atoms with E-state index in [9.17, 15) is 23.2 Å². The summed E-state index contributed by atoms with van der Waals surface area (Å²) in [5.41, 5.74) is 0.509. The van der Waals surface area contributed by atoms with Gasteiger partial charge in [0.25, 0.3) is 0 Å². The fraction of sp³-hybridized carbons (Fsp3) is 0.438. The van der Waals surface area contributed by atoms with Crippen molar-refractivity contribution in [1.29, 1.82) is 0 Å². The minimum absolute atomic E-state index is 0.0132. The van der Waals surface area contributed by atoms with Crippen molar-refractivity contribution in [1.82, 2.24) is 10.6 Å². The molecule has 8 nitrogen and oxygen atoms in total. The van der Waals surface area contributed by atoms with E-state index < -0.39 is 24.7 Å². The lowest BCUT2D eigenvalue weighted by molar-refractivity contribution is -0.136. The standard InChI is InChI=1S/C16H19F2N3O5/c17-15(18)26-11-5-3-10(4-6-11)21-9-1-2-12(14(21)24)20-16(25)19-8-7-13(22)23/h3-6,12,15H,1-2,7-9H2,(H,22,23)(H2,19,20,25). The first-order valence-electron chi connectivity index (χ1n) is 7.99. The molecule has 0 bridgehead atoms. The molecule has 142 valence electrons. The van der Waals surface area contributed by atoms with Gasteiger partial charge in [-0.1, -0.05) is 0 Å². The Morgan fingerprint density at radius 2 is 2.00 bits per heavy atom. The van der Waals surface area contributed by atoms with Crippen molar-refractivity contribution in [2.45, 2.75) is 31.9 Å². The number of anilines is 1. The van der Waals surface area contributed by atoms with E-state index >= 15 is 0 Å². The maximum Gasteiger partial charge on any atom is 0.387 e. The quantitative estimate of drug-likeness (QED) is 0.674. The summed E-state index contributed by atoms with van der Waals surface area (Å²) in [7, 11) is 0. The Labute approximate surface area is 148 Å². The molecule has 3 amide bonds. The Morgan fingerprint density at radius 3 is 2.62 bits per heavy atom. The second-order valence-corrected chi connectivity index (χ2v) is 5.60. The van der Waals surface area contributed by atoms with Crippen LogP contribution in [0.25, 0.3) is 0 Å². The number of aliphatic carboxylic acids is 1. The second-order valence-electron chi connectivity index (χ2n) is 5.60. The van der Waals surface area contributed by atoms with Gasteiger partial charge in [0.1, 0.15) is 11.8 Å². The lowest BCUT2D eigenvalue weighted by Gasteiger charge is -2.32. The van der Waals surface area contributed by atoms with E-state index in [2.05, 4.69) is 15.4 Å². The van der Waals surface area contributed by atoms with Gasteiger partial charge in [0.2, 0.25) is 5.91 Å². The first-order chi connectivity index (χ1) is 12.4. The molecule has 3 N–H and O–H groups in total. The Kier molecular flexibility index (Phi) is 6.70.